The average Bonchev–Trinajstić information content (AvgIpc) is 2.85. The first-order valence-corrected chi connectivity index (χ1v) is 8.92. The van der Waals surface area contributed by atoms with E-state index in [1.54, 1.807) is 0 Å². The third-order valence-corrected chi connectivity index (χ3v) is 5.00. The average molecular weight is 388 g/mol. The lowest BCUT2D eigenvalue weighted by atomic mass is 9.80. The van der Waals surface area contributed by atoms with E-state index in [1.807, 2.05) is 53.7 Å². The van der Waals surface area contributed by atoms with Crippen molar-refractivity contribution < 1.29 is 27.4 Å². The second-order valence-electron chi connectivity index (χ2n) is 8.21. The van der Waals surface area contributed by atoms with E-state index in [1.165, 1.54) is 0 Å². The fourth-order valence-electron chi connectivity index (χ4n) is 2.51. The monoisotopic (exact) mass is 388 g/mol. The van der Waals surface area contributed by atoms with Crippen molar-refractivity contribution in [1.29, 1.82) is 0 Å². The molecule has 1 heterocycles. The quantitative estimate of drug-likeness (QED) is 0.456. The molecule has 1 aromatic carbocycles. The number of ether oxygens (including phenoxy) is 2. The van der Waals surface area contributed by atoms with Crippen LogP contribution in [-0.2, 0) is 20.4 Å². The van der Waals surface area contributed by atoms with Gasteiger partial charge in [-0.2, -0.15) is 13.2 Å². The fraction of sp³-hybridized carbons (Fsp3) is 0.526. The van der Waals surface area contributed by atoms with Gasteiger partial charge in [0, 0.05) is 5.56 Å². The van der Waals surface area contributed by atoms with Crippen molar-refractivity contribution in [1.82, 2.24) is 0 Å². The Morgan fingerprint density at radius 1 is 1.04 bits per heavy atom. The van der Waals surface area contributed by atoms with Crippen molar-refractivity contribution in [3.8, 4) is 5.75 Å². The zero-order valence-electron chi connectivity index (χ0n) is 15.9. The highest BCUT2D eigenvalue weighted by Crippen LogP contribution is 2.52. The Kier molecular flexibility index (Phi) is 5.18. The van der Waals surface area contributed by atoms with Crippen LogP contribution in [0.1, 0.15) is 52.7 Å². The Morgan fingerprint density at radius 2 is 1.62 bits per heavy atom. The summed E-state index contributed by atoms with van der Waals surface area (Å²) in [5.74, 6) is -1.09. The van der Waals surface area contributed by atoms with E-state index in [0.29, 0.717) is 10.6 Å². The number of carbonyl (C=O) groups excluding carboxylic acids is 1. The van der Waals surface area contributed by atoms with Gasteiger partial charge >= 0.3 is 12.1 Å². The summed E-state index contributed by atoms with van der Waals surface area (Å²) in [4.78, 5) is 12.3. The molecule has 1 aromatic rings. The Labute approximate surface area is 155 Å². The Morgan fingerprint density at radius 3 is 2.04 bits per heavy atom. The largest absolute Gasteiger partial charge is 0.465 e. The molecule has 0 saturated heterocycles. The minimum atomic E-state index is -4.87. The van der Waals surface area contributed by atoms with E-state index in [9.17, 15) is 18.0 Å². The predicted octanol–water partition coefficient (Wildman–Crippen LogP) is 5.71. The van der Waals surface area contributed by atoms with Gasteiger partial charge in [-0.05, 0) is 34.2 Å². The van der Waals surface area contributed by atoms with Gasteiger partial charge in [-0.15, -0.1) is 0 Å². The van der Waals surface area contributed by atoms with Gasteiger partial charge in [0.2, 0.25) is 0 Å². The summed E-state index contributed by atoms with van der Waals surface area (Å²) >= 11 is 0.812. The smallest absolute Gasteiger partial charge is 0.427 e. The van der Waals surface area contributed by atoms with Gasteiger partial charge in [0.1, 0.15) is 5.75 Å². The molecule has 0 atom stereocenters. The highest BCUT2D eigenvalue weighted by molar-refractivity contribution is 8.03. The molecule has 2 rings (SSSR count). The molecule has 144 valence electrons. The minimum Gasteiger partial charge on any atom is -0.465 e. The van der Waals surface area contributed by atoms with Gasteiger partial charge in [0.05, 0.1) is 12.0 Å². The van der Waals surface area contributed by atoms with Crippen molar-refractivity contribution in [2.75, 3.05) is 7.11 Å². The number of halogens is 3. The number of benzene rings is 1. The lowest BCUT2D eigenvalue weighted by molar-refractivity contribution is -0.148. The Balaban J connectivity index is 2.70. The number of hydrogen-bond acceptors (Lipinski definition) is 4. The van der Waals surface area contributed by atoms with E-state index < -0.39 is 22.8 Å². The van der Waals surface area contributed by atoms with Gasteiger partial charge < -0.3 is 9.47 Å². The topological polar surface area (TPSA) is 35.5 Å². The van der Waals surface area contributed by atoms with Gasteiger partial charge in [-0.1, -0.05) is 47.6 Å². The summed E-state index contributed by atoms with van der Waals surface area (Å²) in [7, 11) is 0.916. The number of fused-ring (bicyclic) bond motifs is 1. The van der Waals surface area contributed by atoms with Crippen LogP contribution in [0.4, 0.5) is 13.2 Å². The molecule has 0 bridgehead atoms. The maximum atomic E-state index is 13.4. The molecule has 0 amide bonds. The molecule has 0 aromatic heterocycles. The highest BCUT2D eigenvalue weighted by Gasteiger charge is 2.46. The molecule has 0 spiro atoms. The van der Waals surface area contributed by atoms with E-state index in [-0.39, 0.29) is 10.8 Å². The van der Waals surface area contributed by atoms with Gasteiger partial charge in [-0.3, -0.25) is 0 Å². The first-order chi connectivity index (χ1) is 11.7. The molecular formula is C19H23F3O3S. The Bertz CT molecular complexity index is 766. The van der Waals surface area contributed by atoms with Crippen LogP contribution in [0, 0.1) is 0 Å². The summed E-state index contributed by atoms with van der Waals surface area (Å²) in [6.45, 7) is 12.0. The fourth-order valence-corrected chi connectivity index (χ4v) is 3.56. The molecule has 0 N–H and O–H groups in total. The molecule has 3 nitrogen and oxygen atoms in total. The van der Waals surface area contributed by atoms with Gasteiger partial charge in [0.15, 0.2) is 10.7 Å². The summed E-state index contributed by atoms with van der Waals surface area (Å²) in [5, 5.41) is -0.490. The number of methoxy groups -OCH3 is 1. The van der Waals surface area contributed by atoms with Crippen LogP contribution in [0.2, 0.25) is 0 Å². The molecule has 1 aliphatic rings. The lowest BCUT2D eigenvalue weighted by Gasteiger charge is -2.26. The molecule has 0 saturated carbocycles. The van der Waals surface area contributed by atoms with Crippen LogP contribution in [0.5, 0.6) is 5.75 Å². The second-order valence-corrected chi connectivity index (χ2v) is 9.22. The third-order valence-electron chi connectivity index (χ3n) is 4.00. The van der Waals surface area contributed by atoms with E-state index in [0.717, 1.165) is 30.0 Å². The SMILES string of the molecule is COC(=O)/C(=C1/Oc2c(cc(C(C)(C)C)cc2C(C)(C)C)S1)C(F)(F)F. The molecule has 7 heteroatoms. The third kappa shape index (κ3) is 4.03. The van der Waals surface area contributed by atoms with Crippen LogP contribution in [0.25, 0.3) is 0 Å². The van der Waals surface area contributed by atoms with E-state index in [2.05, 4.69) is 4.74 Å². The predicted molar refractivity (Wildman–Crippen MR) is 95.4 cm³/mol. The van der Waals surface area contributed by atoms with Gasteiger partial charge in [-0.25, -0.2) is 4.79 Å². The van der Waals surface area contributed by atoms with Crippen molar-refractivity contribution in [3.63, 3.8) is 0 Å². The van der Waals surface area contributed by atoms with E-state index >= 15 is 0 Å². The maximum Gasteiger partial charge on any atom is 0.427 e. The zero-order chi connectivity index (χ0) is 20.1. The normalized spacial score (nSPS) is 16.8. The molecule has 0 unspecified atom stereocenters. The van der Waals surface area contributed by atoms with Gasteiger partial charge in [0.25, 0.3) is 0 Å². The lowest BCUT2D eigenvalue weighted by Crippen LogP contribution is -2.23. The van der Waals surface area contributed by atoms with Crippen molar-refractivity contribution in [2.45, 2.75) is 63.4 Å². The van der Waals surface area contributed by atoms with Crippen LogP contribution in [0.3, 0.4) is 0 Å². The number of carbonyl (C=O) groups is 1. The van der Waals surface area contributed by atoms with Crippen LogP contribution in [-0.4, -0.2) is 19.3 Å². The molecule has 0 radical (unpaired) electrons. The summed E-state index contributed by atoms with van der Waals surface area (Å²) < 4.78 is 50.0. The second kappa shape index (κ2) is 6.51. The molecule has 26 heavy (non-hydrogen) atoms. The van der Waals surface area contributed by atoms with Crippen molar-refractivity contribution >= 4 is 17.7 Å². The first-order valence-electron chi connectivity index (χ1n) is 8.10. The number of esters is 1. The van der Waals surface area contributed by atoms with Crippen molar-refractivity contribution in [2.24, 2.45) is 0 Å². The number of alkyl halides is 3. The maximum absolute atomic E-state index is 13.4. The van der Waals surface area contributed by atoms with Crippen LogP contribution < -0.4 is 4.74 Å². The summed E-state index contributed by atoms with van der Waals surface area (Å²) in [5.41, 5.74) is -0.153. The molecule has 1 aliphatic heterocycles. The van der Waals surface area contributed by atoms with Crippen LogP contribution in [0.15, 0.2) is 27.7 Å². The number of thioether (sulfide) groups is 1. The highest BCUT2D eigenvalue weighted by atomic mass is 32.2. The first kappa shape index (κ1) is 20.7. The van der Waals surface area contributed by atoms with E-state index in [4.69, 9.17) is 4.74 Å². The number of rotatable bonds is 1. The van der Waals surface area contributed by atoms with Crippen LogP contribution >= 0.6 is 11.8 Å². The minimum absolute atomic E-state index is 0.183. The Hall–Kier alpha value is -1.63. The molecule has 0 fully saturated rings. The summed E-state index contributed by atoms with van der Waals surface area (Å²) in [6.07, 6.45) is -4.87. The van der Waals surface area contributed by atoms with Crippen molar-refractivity contribution in [3.05, 3.63) is 33.9 Å². The molecule has 0 aliphatic carbocycles. The molecular weight excluding hydrogens is 365 g/mol. The number of hydrogen-bond donors (Lipinski definition) is 0. The zero-order valence-corrected chi connectivity index (χ0v) is 16.7. The summed E-state index contributed by atoms with van der Waals surface area (Å²) in [6, 6.07) is 3.79. The standard InChI is InChI=1S/C19H23F3O3S/c1-17(2,3)10-8-11(18(4,5)6)14-12(9-10)26-16(25-14)13(15(23)24-7)19(20,21)22/h8-9H,1-7H3/b16-13+.